The molecule has 1 aromatic heterocycles. The molecule has 4 nitrogen and oxygen atoms in total. The lowest BCUT2D eigenvalue weighted by Crippen LogP contribution is -2.06. The molecule has 0 N–H and O–H groups in total. The molecule has 0 unspecified atom stereocenters. The van der Waals surface area contributed by atoms with Gasteiger partial charge in [-0.1, -0.05) is 18.2 Å². The molecular formula is C12H12N2O2. The molecule has 0 amide bonds. The number of Topliss-reactive ketones (excluding diaryl/α,β-unsaturated/α-hetero) is 2. The predicted molar refractivity (Wildman–Crippen MR) is 60.3 cm³/mol. The zero-order valence-corrected chi connectivity index (χ0v) is 9.23. The highest BCUT2D eigenvalue weighted by Crippen LogP contribution is 2.18. The van der Waals surface area contributed by atoms with Gasteiger partial charge in [-0.3, -0.25) is 14.3 Å². The molecule has 0 aliphatic carbocycles. The fourth-order valence-corrected chi connectivity index (χ4v) is 1.73. The maximum absolute atomic E-state index is 11.8. The van der Waals surface area contributed by atoms with Gasteiger partial charge in [-0.2, -0.15) is 5.10 Å². The Morgan fingerprint density at radius 1 is 1.31 bits per heavy atom. The van der Waals surface area contributed by atoms with E-state index in [-0.39, 0.29) is 18.0 Å². The van der Waals surface area contributed by atoms with E-state index < -0.39 is 0 Å². The molecule has 2 rings (SSSR count). The summed E-state index contributed by atoms with van der Waals surface area (Å²) in [7, 11) is 1.78. The van der Waals surface area contributed by atoms with Crippen LogP contribution >= 0.6 is 0 Å². The lowest BCUT2D eigenvalue weighted by molar-refractivity contribution is -0.116. The fourth-order valence-electron chi connectivity index (χ4n) is 1.73. The van der Waals surface area contributed by atoms with Gasteiger partial charge in [-0.25, -0.2) is 0 Å². The molecule has 2 aromatic rings. The van der Waals surface area contributed by atoms with E-state index in [9.17, 15) is 9.59 Å². The molecule has 0 saturated heterocycles. The quantitative estimate of drug-likeness (QED) is 0.580. The maximum Gasteiger partial charge on any atom is 0.191 e. The number of fused-ring (bicyclic) bond motifs is 1. The van der Waals surface area contributed by atoms with E-state index in [0.29, 0.717) is 5.69 Å². The lowest BCUT2D eigenvalue weighted by Gasteiger charge is -1.93. The van der Waals surface area contributed by atoms with Gasteiger partial charge in [0.1, 0.15) is 11.5 Å². The van der Waals surface area contributed by atoms with Crippen molar-refractivity contribution in [1.82, 2.24) is 9.78 Å². The van der Waals surface area contributed by atoms with E-state index >= 15 is 0 Å². The third kappa shape index (κ3) is 1.74. The van der Waals surface area contributed by atoms with Crippen molar-refractivity contribution in [2.75, 3.05) is 0 Å². The average Bonchev–Trinajstić information content (AvgIpc) is 2.56. The summed E-state index contributed by atoms with van der Waals surface area (Å²) in [4.78, 5) is 22.7. The number of ketones is 2. The standard InChI is InChI=1S/C12H12N2O2/c1-8(15)7-11(16)12-9-5-3-4-6-10(9)14(2)13-12/h3-6H,7H2,1-2H3. The molecule has 0 radical (unpaired) electrons. The van der Waals surface area contributed by atoms with Gasteiger partial charge in [-0.15, -0.1) is 0 Å². The minimum absolute atomic E-state index is 0.0823. The van der Waals surface area contributed by atoms with Crippen molar-refractivity contribution in [3.05, 3.63) is 30.0 Å². The zero-order valence-electron chi connectivity index (χ0n) is 9.23. The second-order valence-corrected chi connectivity index (χ2v) is 3.79. The van der Waals surface area contributed by atoms with Crippen LogP contribution in [-0.4, -0.2) is 21.3 Å². The summed E-state index contributed by atoms with van der Waals surface area (Å²) < 4.78 is 1.66. The molecule has 0 saturated carbocycles. The third-order valence-corrected chi connectivity index (χ3v) is 2.43. The van der Waals surface area contributed by atoms with E-state index in [1.165, 1.54) is 6.92 Å². The number of benzene rings is 1. The molecule has 16 heavy (non-hydrogen) atoms. The van der Waals surface area contributed by atoms with Crippen molar-refractivity contribution in [2.24, 2.45) is 7.05 Å². The normalized spacial score (nSPS) is 10.6. The molecule has 0 spiro atoms. The van der Waals surface area contributed by atoms with Crippen molar-refractivity contribution in [1.29, 1.82) is 0 Å². The fraction of sp³-hybridized carbons (Fsp3) is 0.250. The monoisotopic (exact) mass is 216 g/mol. The number of hydrogen-bond acceptors (Lipinski definition) is 3. The Balaban J connectivity index is 2.53. The summed E-state index contributed by atoms with van der Waals surface area (Å²) in [6.45, 7) is 1.41. The molecule has 82 valence electrons. The van der Waals surface area contributed by atoms with Gasteiger partial charge >= 0.3 is 0 Å². The first-order valence-corrected chi connectivity index (χ1v) is 5.04. The third-order valence-electron chi connectivity index (χ3n) is 2.43. The molecule has 1 heterocycles. The minimum Gasteiger partial charge on any atom is -0.300 e. The van der Waals surface area contributed by atoms with Crippen molar-refractivity contribution in [2.45, 2.75) is 13.3 Å². The topological polar surface area (TPSA) is 52.0 Å². The molecular weight excluding hydrogens is 204 g/mol. The average molecular weight is 216 g/mol. The van der Waals surface area contributed by atoms with E-state index in [0.717, 1.165) is 10.9 Å². The summed E-state index contributed by atoms with van der Waals surface area (Å²) in [5.41, 5.74) is 1.28. The van der Waals surface area contributed by atoms with Crippen molar-refractivity contribution in [3.63, 3.8) is 0 Å². The summed E-state index contributed by atoms with van der Waals surface area (Å²) in [6.07, 6.45) is -0.0823. The van der Waals surface area contributed by atoms with Gasteiger partial charge in [0.25, 0.3) is 0 Å². The molecule has 4 heteroatoms. The highest BCUT2D eigenvalue weighted by atomic mass is 16.1. The predicted octanol–water partition coefficient (Wildman–Crippen LogP) is 1.74. The lowest BCUT2D eigenvalue weighted by atomic mass is 10.1. The van der Waals surface area contributed by atoms with Crippen molar-refractivity contribution in [3.8, 4) is 0 Å². The van der Waals surface area contributed by atoms with Crippen LogP contribution in [0.1, 0.15) is 23.8 Å². The van der Waals surface area contributed by atoms with Crippen LogP contribution < -0.4 is 0 Å². The van der Waals surface area contributed by atoms with Crippen LogP contribution in [0.2, 0.25) is 0 Å². The first kappa shape index (κ1) is 10.5. The smallest absolute Gasteiger partial charge is 0.191 e. The number of nitrogens with zero attached hydrogens (tertiary/aromatic N) is 2. The van der Waals surface area contributed by atoms with E-state index in [1.54, 1.807) is 11.7 Å². The van der Waals surface area contributed by atoms with E-state index in [4.69, 9.17) is 0 Å². The van der Waals surface area contributed by atoms with Crippen LogP contribution in [0.5, 0.6) is 0 Å². The molecule has 0 aliphatic heterocycles. The summed E-state index contributed by atoms with van der Waals surface area (Å²) >= 11 is 0. The van der Waals surface area contributed by atoms with Gasteiger partial charge in [0.15, 0.2) is 5.78 Å². The van der Waals surface area contributed by atoms with Gasteiger partial charge in [-0.05, 0) is 13.0 Å². The van der Waals surface area contributed by atoms with Crippen molar-refractivity contribution >= 4 is 22.5 Å². The number of aromatic nitrogens is 2. The van der Waals surface area contributed by atoms with Crippen LogP contribution in [0.4, 0.5) is 0 Å². The first-order valence-electron chi connectivity index (χ1n) is 5.04. The molecule has 1 aromatic carbocycles. The van der Waals surface area contributed by atoms with Crippen LogP contribution in [0.3, 0.4) is 0 Å². The first-order chi connectivity index (χ1) is 7.59. The van der Waals surface area contributed by atoms with Gasteiger partial charge in [0.05, 0.1) is 11.9 Å². The Labute approximate surface area is 92.9 Å². The number of carbonyl (C=O) groups excluding carboxylic acids is 2. The molecule has 0 fully saturated rings. The highest BCUT2D eigenvalue weighted by molar-refractivity contribution is 6.12. The van der Waals surface area contributed by atoms with Crippen molar-refractivity contribution < 1.29 is 9.59 Å². The summed E-state index contributed by atoms with van der Waals surface area (Å²) in [6, 6.07) is 7.49. The number of carbonyl (C=O) groups is 2. The highest BCUT2D eigenvalue weighted by Gasteiger charge is 2.16. The molecule has 0 aliphatic rings. The van der Waals surface area contributed by atoms with Crippen LogP contribution in [0.15, 0.2) is 24.3 Å². The van der Waals surface area contributed by atoms with Gasteiger partial charge < -0.3 is 0 Å². The van der Waals surface area contributed by atoms with Crippen LogP contribution in [0.25, 0.3) is 10.9 Å². The minimum atomic E-state index is -0.218. The second-order valence-electron chi connectivity index (χ2n) is 3.79. The number of aryl methyl sites for hydroxylation is 1. The van der Waals surface area contributed by atoms with E-state index in [1.807, 2.05) is 24.3 Å². The SMILES string of the molecule is CC(=O)CC(=O)c1nn(C)c2ccccc12. The second kappa shape index (κ2) is 3.89. The number of para-hydroxylation sites is 1. The zero-order chi connectivity index (χ0) is 11.7. The maximum atomic E-state index is 11.8. The molecule has 0 atom stereocenters. The number of hydrogen-bond donors (Lipinski definition) is 0. The Morgan fingerprint density at radius 2 is 2.00 bits per heavy atom. The Morgan fingerprint density at radius 3 is 2.69 bits per heavy atom. The summed E-state index contributed by atoms with van der Waals surface area (Å²) in [5, 5.41) is 4.96. The van der Waals surface area contributed by atoms with Gasteiger partial charge in [0.2, 0.25) is 0 Å². The Bertz CT molecular complexity index is 569. The number of rotatable bonds is 3. The van der Waals surface area contributed by atoms with Crippen LogP contribution in [-0.2, 0) is 11.8 Å². The largest absolute Gasteiger partial charge is 0.300 e. The molecule has 0 bridgehead atoms. The van der Waals surface area contributed by atoms with Crippen LogP contribution in [0, 0.1) is 0 Å². The van der Waals surface area contributed by atoms with E-state index in [2.05, 4.69) is 5.10 Å². The van der Waals surface area contributed by atoms with Gasteiger partial charge in [0, 0.05) is 12.4 Å². The summed E-state index contributed by atoms with van der Waals surface area (Å²) in [5.74, 6) is -0.357. The Kier molecular flexibility index (Phi) is 2.56. The Hall–Kier alpha value is -1.97.